The maximum Gasteiger partial charge on any atom is 0.128 e. The Morgan fingerprint density at radius 2 is 2.17 bits per heavy atom. The van der Waals surface area contributed by atoms with Crippen molar-refractivity contribution >= 4 is 11.7 Å². The zero-order valence-corrected chi connectivity index (χ0v) is 10.2. The van der Waals surface area contributed by atoms with E-state index in [4.69, 9.17) is 11.1 Å². The van der Waals surface area contributed by atoms with Crippen LogP contribution in [0.1, 0.15) is 11.1 Å². The normalized spacial score (nSPS) is 10.1. The Hall–Kier alpha value is -2.43. The smallest absolute Gasteiger partial charge is 0.128 e. The Balaban J connectivity index is 2.09. The monoisotopic (exact) mass is 241 g/mol. The van der Waals surface area contributed by atoms with Crippen molar-refractivity contribution in [1.82, 2.24) is 9.97 Å². The lowest BCUT2D eigenvalue weighted by Gasteiger charge is -2.18. The van der Waals surface area contributed by atoms with Gasteiger partial charge in [-0.3, -0.25) is 10.4 Å². The van der Waals surface area contributed by atoms with E-state index in [9.17, 15) is 0 Å². The number of hydrogen-bond acceptors (Lipinski definition) is 4. The van der Waals surface area contributed by atoms with E-state index in [2.05, 4.69) is 9.97 Å². The van der Waals surface area contributed by atoms with E-state index < -0.39 is 0 Å². The highest BCUT2D eigenvalue weighted by molar-refractivity contribution is 5.94. The molecule has 0 fully saturated rings. The second kappa shape index (κ2) is 5.27. The predicted octanol–water partition coefficient (Wildman–Crippen LogP) is 1.40. The lowest BCUT2D eigenvalue weighted by Crippen LogP contribution is -2.18. The number of nitrogens with one attached hydrogen (secondary N) is 1. The third kappa shape index (κ3) is 2.82. The molecule has 0 unspecified atom stereocenters. The van der Waals surface area contributed by atoms with Gasteiger partial charge in [-0.25, -0.2) is 4.98 Å². The minimum absolute atomic E-state index is 0.0314. The van der Waals surface area contributed by atoms with E-state index in [1.165, 1.54) is 0 Å². The fourth-order valence-corrected chi connectivity index (χ4v) is 1.62. The molecular formula is C13H15N5. The standard InChI is InChI=1S/C13H15N5/c1-18(9-10-3-2-6-16-7-10)12-5-4-11(8-17-12)13(14)15/h2-8H,9H2,1H3,(H3,14,15). The molecule has 0 atom stereocenters. The van der Waals surface area contributed by atoms with Crippen LogP contribution in [0.5, 0.6) is 0 Å². The van der Waals surface area contributed by atoms with Crippen LogP contribution in [0.2, 0.25) is 0 Å². The van der Waals surface area contributed by atoms with Gasteiger partial charge in [0.1, 0.15) is 11.7 Å². The molecule has 0 aliphatic carbocycles. The maximum atomic E-state index is 7.31. The minimum Gasteiger partial charge on any atom is -0.384 e. The third-order valence-electron chi connectivity index (χ3n) is 2.59. The van der Waals surface area contributed by atoms with Crippen molar-refractivity contribution in [3.8, 4) is 0 Å². The van der Waals surface area contributed by atoms with Crippen LogP contribution in [0.4, 0.5) is 5.82 Å². The van der Waals surface area contributed by atoms with Crippen LogP contribution in [-0.2, 0) is 6.54 Å². The molecule has 0 aromatic carbocycles. The fraction of sp³-hybridized carbons (Fsp3) is 0.154. The first-order chi connectivity index (χ1) is 8.66. The Bertz CT molecular complexity index is 521. The van der Waals surface area contributed by atoms with E-state index in [1.807, 2.05) is 36.3 Å². The number of nitrogen functional groups attached to an aromatic ring is 1. The van der Waals surface area contributed by atoms with Gasteiger partial charge in [0.05, 0.1) is 0 Å². The molecule has 0 saturated heterocycles. The molecule has 5 heteroatoms. The highest BCUT2D eigenvalue weighted by atomic mass is 15.2. The molecule has 18 heavy (non-hydrogen) atoms. The molecule has 2 aromatic heterocycles. The van der Waals surface area contributed by atoms with Crippen LogP contribution in [0.15, 0.2) is 42.9 Å². The Kier molecular flexibility index (Phi) is 3.52. The van der Waals surface area contributed by atoms with Crippen LogP contribution in [-0.4, -0.2) is 22.9 Å². The number of aromatic nitrogens is 2. The summed E-state index contributed by atoms with van der Waals surface area (Å²) < 4.78 is 0. The molecule has 3 N–H and O–H groups in total. The molecule has 0 amide bonds. The molecular weight excluding hydrogens is 226 g/mol. The van der Waals surface area contributed by atoms with Gasteiger partial charge in [0.25, 0.3) is 0 Å². The number of pyridine rings is 2. The molecule has 0 aliphatic rings. The molecule has 92 valence electrons. The van der Waals surface area contributed by atoms with Gasteiger partial charge in [0.2, 0.25) is 0 Å². The van der Waals surface area contributed by atoms with Gasteiger partial charge in [-0.05, 0) is 23.8 Å². The first-order valence-electron chi connectivity index (χ1n) is 5.57. The number of nitrogens with two attached hydrogens (primary N) is 1. The fourth-order valence-electron chi connectivity index (χ4n) is 1.62. The van der Waals surface area contributed by atoms with E-state index in [0.717, 1.165) is 17.9 Å². The second-order valence-corrected chi connectivity index (χ2v) is 4.04. The van der Waals surface area contributed by atoms with Gasteiger partial charge >= 0.3 is 0 Å². The van der Waals surface area contributed by atoms with Gasteiger partial charge in [-0.1, -0.05) is 6.07 Å². The van der Waals surface area contributed by atoms with Gasteiger partial charge < -0.3 is 10.6 Å². The second-order valence-electron chi connectivity index (χ2n) is 4.04. The van der Waals surface area contributed by atoms with Gasteiger partial charge in [0, 0.05) is 37.7 Å². The highest BCUT2D eigenvalue weighted by Crippen LogP contribution is 2.12. The van der Waals surface area contributed by atoms with Crippen LogP contribution in [0.25, 0.3) is 0 Å². The van der Waals surface area contributed by atoms with Crippen LogP contribution in [0, 0.1) is 5.41 Å². The third-order valence-corrected chi connectivity index (χ3v) is 2.59. The average Bonchev–Trinajstić information content (AvgIpc) is 2.40. The lowest BCUT2D eigenvalue weighted by molar-refractivity contribution is 0.891. The first kappa shape index (κ1) is 12.0. The zero-order valence-electron chi connectivity index (χ0n) is 10.2. The van der Waals surface area contributed by atoms with Crippen LogP contribution >= 0.6 is 0 Å². The summed E-state index contributed by atoms with van der Waals surface area (Å²) in [5, 5.41) is 7.31. The molecule has 0 bridgehead atoms. The molecule has 0 aliphatic heterocycles. The van der Waals surface area contributed by atoms with E-state index in [-0.39, 0.29) is 5.84 Å². The first-order valence-corrected chi connectivity index (χ1v) is 5.57. The van der Waals surface area contributed by atoms with E-state index in [0.29, 0.717) is 5.56 Å². The summed E-state index contributed by atoms with van der Waals surface area (Å²) in [6.45, 7) is 0.736. The molecule has 0 radical (unpaired) electrons. The summed E-state index contributed by atoms with van der Waals surface area (Å²) in [5.74, 6) is 0.868. The molecule has 2 rings (SSSR count). The van der Waals surface area contributed by atoms with Crippen molar-refractivity contribution in [2.45, 2.75) is 6.54 Å². The average molecular weight is 241 g/mol. The minimum atomic E-state index is 0.0314. The quantitative estimate of drug-likeness (QED) is 0.626. The largest absolute Gasteiger partial charge is 0.384 e. The molecule has 0 spiro atoms. The molecule has 5 nitrogen and oxygen atoms in total. The Morgan fingerprint density at radius 3 is 2.72 bits per heavy atom. The molecule has 2 heterocycles. The van der Waals surface area contributed by atoms with Crippen LogP contribution in [0.3, 0.4) is 0 Å². The maximum absolute atomic E-state index is 7.31. The molecule has 2 aromatic rings. The van der Waals surface area contributed by atoms with Crippen molar-refractivity contribution in [2.75, 3.05) is 11.9 Å². The summed E-state index contributed by atoms with van der Waals surface area (Å²) in [4.78, 5) is 10.4. The zero-order chi connectivity index (χ0) is 13.0. The van der Waals surface area contributed by atoms with Gasteiger partial charge in [-0.2, -0.15) is 0 Å². The van der Waals surface area contributed by atoms with Crippen LogP contribution < -0.4 is 10.6 Å². The molecule has 0 saturated carbocycles. The van der Waals surface area contributed by atoms with Crippen molar-refractivity contribution in [3.05, 3.63) is 54.0 Å². The summed E-state index contributed by atoms with van der Waals surface area (Å²) >= 11 is 0. The number of amidine groups is 1. The SMILES string of the molecule is CN(Cc1cccnc1)c1ccc(C(=N)N)cn1. The predicted molar refractivity (Wildman–Crippen MR) is 71.6 cm³/mol. The van der Waals surface area contributed by atoms with Crippen molar-refractivity contribution in [1.29, 1.82) is 5.41 Å². The summed E-state index contributed by atoms with van der Waals surface area (Å²) in [5.41, 5.74) is 7.14. The van der Waals surface area contributed by atoms with Crippen molar-refractivity contribution in [2.24, 2.45) is 5.73 Å². The Labute approximate surface area is 106 Å². The summed E-state index contributed by atoms with van der Waals surface area (Å²) in [6.07, 6.45) is 5.20. The van der Waals surface area contributed by atoms with Crippen molar-refractivity contribution in [3.63, 3.8) is 0 Å². The van der Waals surface area contributed by atoms with E-state index in [1.54, 1.807) is 18.5 Å². The van der Waals surface area contributed by atoms with Gasteiger partial charge in [-0.15, -0.1) is 0 Å². The lowest BCUT2D eigenvalue weighted by atomic mass is 10.2. The summed E-state index contributed by atoms with van der Waals surface area (Å²) in [6, 6.07) is 7.58. The topological polar surface area (TPSA) is 78.9 Å². The number of rotatable bonds is 4. The van der Waals surface area contributed by atoms with E-state index >= 15 is 0 Å². The Morgan fingerprint density at radius 1 is 1.33 bits per heavy atom. The van der Waals surface area contributed by atoms with Gasteiger partial charge in [0.15, 0.2) is 0 Å². The number of hydrogen-bond donors (Lipinski definition) is 2. The van der Waals surface area contributed by atoms with Crippen molar-refractivity contribution < 1.29 is 0 Å². The number of nitrogens with zero attached hydrogens (tertiary/aromatic N) is 3. The highest BCUT2D eigenvalue weighted by Gasteiger charge is 2.04. The number of anilines is 1. The summed E-state index contributed by atoms with van der Waals surface area (Å²) in [7, 11) is 1.96.